The summed E-state index contributed by atoms with van der Waals surface area (Å²) in [6.45, 7) is 4.33. The van der Waals surface area contributed by atoms with Crippen LogP contribution in [0.2, 0.25) is 0 Å². The second-order valence-corrected chi connectivity index (χ2v) is 11.2. The highest BCUT2D eigenvalue weighted by atomic mass is 35.6. The number of carbonyl (C=O) groups excluding carboxylic acids is 2. The van der Waals surface area contributed by atoms with Gasteiger partial charge in [0.1, 0.15) is 13.2 Å². The maximum atomic E-state index is 12.1. The first-order valence-electron chi connectivity index (χ1n) is 8.23. The Balaban J connectivity index is 2.96. The van der Waals surface area contributed by atoms with Crippen molar-refractivity contribution in [1.29, 1.82) is 5.41 Å². The van der Waals surface area contributed by atoms with Gasteiger partial charge in [0.15, 0.2) is 0 Å². The summed E-state index contributed by atoms with van der Waals surface area (Å²) in [5, 5.41) is 10.3. The third-order valence-electron chi connectivity index (χ3n) is 4.18. The molecule has 0 aliphatic carbocycles. The monoisotopic (exact) mass is 534 g/mol. The Hall–Kier alpha value is -0.0900. The number of hydrogen-bond acceptors (Lipinski definition) is 7. The molecule has 29 heavy (non-hydrogen) atoms. The van der Waals surface area contributed by atoms with Crippen LogP contribution >= 0.6 is 69.6 Å². The predicted octanol–water partition coefficient (Wildman–Crippen LogP) is 4.38. The van der Waals surface area contributed by atoms with E-state index in [-0.39, 0.29) is 18.4 Å². The molecule has 0 radical (unpaired) electrons. The van der Waals surface area contributed by atoms with Crippen molar-refractivity contribution in [2.45, 2.75) is 46.8 Å². The van der Waals surface area contributed by atoms with Crippen LogP contribution in [-0.4, -0.2) is 57.2 Å². The number of rotatable bonds is 5. The zero-order valence-corrected chi connectivity index (χ0v) is 20.1. The van der Waals surface area contributed by atoms with Gasteiger partial charge in [0.2, 0.25) is 16.0 Å². The first kappa shape index (κ1) is 26.9. The summed E-state index contributed by atoms with van der Waals surface area (Å²) in [5.41, 5.74) is 0. The van der Waals surface area contributed by atoms with Gasteiger partial charge in [-0.1, -0.05) is 83.5 Å². The van der Waals surface area contributed by atoms with Gasteiger partial charge in [-0.25, -0.2) is 4.79 Å². The van der Waals surface area contributed by atoms with Gasteiger partial charge in [0.25, 0.3) is 3.79 Å². The number of nitrogens with one attached hydrogen (secondary N) is 2. The van der Waals surface area contributed by atoms with E-state index in [2.05, 4.69) is 5.32 Å². The molecule has 2 N–H and O–H groups in total. The quantitative estimate of drug-likeness (QED) is 0.234. The van der Waals surface area contributed by atoms with Crippen LogP contribution in [0.15, 0.2) is 0 Å². The minimum Gasteiger partial charge on any atom is -0.463 e. The fraction of sp³-hybridized carbons (Fsp3) is 0.800. The maximum absolute atomic E-state index is 12.1. The van der Waals surface area contributed by atoms with Crippen LogP contribution in [0.1, 0.15) is 20.8 Å². The van der Waals surface area contributed by atoms with E-state index in [1.807, 2.05) is 6.92 Å². The lowest BCUT2D eigenvalue weighted by molar-refractivity contribution is -0.216. The smallest absolute Gasteiger partial charge is 0.407 e. The summed E-state index contributed by atoms with van der Waals surface area (Å²) >= 11 is 33.7. The van der Waals surface area contributed by atoms with Crippen LogP contribution in [0, 0.1) is 17.2 Å². The van der Waals surface area contributed by atoms with Gasteiger partial charge < -0.3 is 24.3 Å². The molecule has 8 nitrogen and oxygen atoms in total. The molecule has 0 saturated carbocycles. The van der Waals surface area contributed by atoms with Crippen LogP contribution in [-0.2, 0) is 23.7 Å². The summed E-state index contributed by atoms with van der Waals surface area (Å²) < 4.78 is 17.1. The Morgan fingerprint density at radius 2 is 1.66 bits per heavy atom. The van der Waals surface area contributed by atoms with E-state index in [4.69, 9.17) is 94.0 Å². The highest BCUT2D eigenvalue weighted by molar-refractivity contribution is 6.76. The molecule has 1 fully saturated rings. The van der Waals surface area contributed by atoms with Crippen molar-refractivity contribution in [3.63, 3.8) is 0 Å². The average molecular weight is 537 g/mol. The number of alkyl carbamates (subject to hydrolysis) is 1. The first-order valence-corrected chi connectivity index (χ1v) is 10.5. The Labute approximate surface area is 198 Å². The number of amides is 1. The Morgan fingerprint density at radius 3 is 2.14 bits per heavy atom. The third-order valence-corrected chi connectivity index (χ3v) is 5.02. The molecule has 0 bridgehead atoms. The van der Waals surface area contributed by atoms with Gasteiger partial charge in [0, 0.05) is 6.92 Å². The zero-order chi connectivity index (χ0) is 22.6. The molecule has 1 aliphatic rings. The molecular formula is C15H20Cl6N2O6. The van der Waals surface area contributed by atoms with Crippen molar-refractivity contribution in [2.75, 3.05) is 13.2 Å². The number of carbonyl (C=O) groups is 2. The van der Waals surface area contributed by atoms with Crippen molar-refractivity contribution in [2.24, 2.45) is 11.8 Å². The van der Waals surface area contributed by atoms with Crippen molar-refractivity contribution < 1.29 is 28.5 Å². The fourth-order valence-corrected chi connectivity index (χ4v) is 2.79. The minimum atomic E-state index is -2.15. The van der Waals surface area contributed by atoms with E-state index >= 15 is 0 Å². The molecular weight excluding hydrogens is 517 g/mol. The molecule has 1 heterocycles. The summed E-state index contributed by atoms with van der Waals surface area (Å²) in [7, 11) is 0. The maximum Gasteiger partial charge on any atom is 0.407 e. The lowest BCUT2D eigenvalue weighted by Crippen LogP contribution is -2.59. The van der Waals surface area contributed by atoms with E-state index in [0.717, 1.165) is 0 Å². The minimum absolute atomic E-state index is 0.0633. The van der Waals surface area contributed by atoms with Crippen molar-refractivity contribution in [3.05, 3.63) is 0 Å². The van der Waals surface area contributed by atoms with E-state index in [9.17, 15) is 9.59 Å². The molecule has 1 amide bonds. The normalized spacial score (nSPS) is 27.7. The summed E-state index contributed by atoms with van der Waals surface area (Å²) in [5.74, 6) is -1.70. The summed E-state index contributed by atoms with van der Waals surface area (Å²) in [6.07, 6.45) is -2.75. The second kappa shape index (κ2) is 11.0. The Bertz CT molecular complexity index is 611. The Morgan fingerprint density at radius 1 is 1.07 bits per heavy atom. The predicted molar refractivity (Wildman–Crippen MR) is 111 cm³/mol. The molecule has 1 rings (SSSR count). The number of halogens is 6. The van der Waals surface area contributed by atoms with Crippen LogP contribution in [0.4, 0.5) is 4.79 Å². The van der Waals surface area contributed by atoms with Gasteiger partial charge in [-0.05, 0) is 11.8 Å². The lowest BCUT2D eigenvalue weighted by Gasteiger charge is -2.44. The van der Waals surface area contributed by atoms with E-state index in [1.54, 1.807) is 6.92 Å². The largest absolute Gasteiger partial charge is 0.463 e. The lowest BCUT2D eigenvalue weighted by atomic mass is 9.82. The molecule has 1 saturated heterocycles. The molecule has 0 aromatic rings. The molecule has 14 heteroatoms. The van der Waals surface area contributed by atoms with Crippen LogP contribution in [0.3, 0.4) is 0 Å². The standard InChI is InChI=1S/C15H20Cl6N2O6/c1-6-7(2)10(23-13(25)27-5-14(16,17)18)11(29-12(22)15(19,20)21)28-9(6)4-26-8(3)24/h6-7,9-11,22H,4-5H2,1-3H3,(H,23,25)/t6-,7?,9?,10-,11?/m0/s1. The summed E-state index contributed by atoms with van der Waals surface area (Å²) in [4.78, 5) is 23.2. The highest BCUT2D eigenvalue weighted by Crippen LogP contribution is 2.35. The highest BCUT2D eigenvalue weighted by Gasteiger charge is 2.46. The molecule has 168 valence electrons. The number of hydrogen-bond donors (Lipinski definition) is 2. The van der Waals surface area contributed by atoms with Gasteiger partial charge in [-0.15, -0.1) is 0 Å². The third kappa shape index (κ3) is 9.29. The molecule has 3 unspecified atom stereocenters. The molecule has 1 aliphatic heterocycles. The first-order chi connectivity index (χ1) is 13.1. The topological polar surface area (TPSA) is 107 Å². The van der Waals surface area contributed by atoms with Crippen molar-refractivity contribution >= 4 is 87.6 Å². The van der Waals surface area contributed by atoms with Crippen LogP contribution in [0.5, 0.6) is 0 Å². The van der Waals surface area contributed by atoms with E-state index in [0.29, 0.717) is 0 Å². The van der Waals surface area contributed by atoms with Crippen molar-refractivity contribution in [1.82, 2.24) is 5.32 Å². The SMILES string of the molecule is CC(=O)OCC1OC(OC(=N)C(Cl)(Cl)Cl)[C@@H](NC(=O)OCC(Cl)(Cl)Cl)C(C)[C@@H]1C. The number of alkyl halides is 6. The van der Waals surface area contributed by atoms with Gasteiger partial charge in [-0.2, -0.15) is 0 Å². The average Bonchev–Trinajstić information content (AvgIpc) is 2.56. The molecule has 0 aromatic carbocycles. The van der Waals surface area contributed by atoms with Gasteiger partial charge in [0.05, 0.1) is 12.1 Å². The molecule has 0 spiro atoms. The van der Waals surface area contributed by atoms with Crippen molar-refractivity contribution in [3.8, 4) is 0 Å². The van der Waals surface area contributed by atoms with Gasteiger partial charge >= 0.3 is 12.1 Å². The summed E-state index contributed by atoms with van der Waals surface area (Å²) in [6, 6.07) is -0.825. The zero-order valence-electron chi connectivity index (χ0n) is 15.5. The van der Waals surface area contributed by atoms with Crippen LogP contribution in [0.25, 0.3) is 0 Å². The fourth-order valence-electron chi connectivity index (χ4n) is 2.49. The second-order valence-electron chi connectivity index (χ2n) is 6.37. The Kier molecular flexibility index (Phi) is 10.2. The van der Waals surface area contributed by atoms with E-state index in [1.165, 1.54) is 6.92 Å². The van der Waals surface area contributed by atoms with Gasteiger partial charge in [-0.3, -0.25) is 10.2 Å². The molecule has 0 aromatic heterocycles. The van der Waals surface area contributed by atoms with Crippen LogP contribution < -0.4 is 5.32 Å². The molecule has 5 atom stereocenters. The number of ether oxygens (including phenoxy) is 4. The number of esters is 1. The van der Waals surface area contributed by atoms with E-state index < -0.39 is 50.6 Å².